The summed E-state index contributed by atoms with van der Waals surface area (Å²) in [5, 5.41) is 0.319. The number of aromatic nitrogens is 2. The van der Waals surface area contributed by atoms with Crippen molar-refractivity contribution in [3.63, 3.8) is 0 Å². The number of ketones is 1. The second kappa shape index (κ2) is 6.73. The van der Waals surface area contributed by atoms with Crippen molar-refractivity contribution in [2.75, 3.05) is 6.61 Å². The van der Waals surface area contributed by atoms with Crippen molar-refractivity contribution >= 4 is 35.1 Å². The molecule has 2 heterocycles. The first kappa shape index (κ1) is 17.9. The van der Waals surface area contributed by atoms with Crippen LogP contribution in [0.1, 0.15) is 44.2 Å². The molecule has 4 fully saturated rings. The van der Waals surface area contributed by atoms with Crippen LogP contribution in [0.25, 0.3) is 11.7 Å². The Morgan fingerprint density at radius 2 is 1.86 bits per heavy atom. The summed E-state index contributed by atoms with van der Waals surface area (Å²) in [6.07, 6.45) is 11.6. The summed E-state index contributed by atoms with van der Waals surface area (Å²) >= 11 is 6.17. The largest absolute Gasteiger partial charge is 0.455 e. The Morgan fingerprint density at radius 3 is 2.54 bits per heavy atom. The topological polar surface area (TPSA) is 60.7 Å². The maximum atomic E-state index is 12.9. The normalized spacial score (nSPS) is 31.0. The Balaban J connectivity index is 1.23. The summed E-state index contributed by atoms with van der Waals surface area (Å²) in [7, 11) is 0. The van der Waals surface area contributed by atoms with Gasteiger partial charge in [0.1, 0.15) is 5.65 Å². The minimum absolute atomic E-state index is 0.112. The van der Waals surface area contributed by atoms with E-state index in [4.69, 9.17) is 16.3 Å². The van der Waals surface area contributed by atoms with Crippen molar-refractivity contribution in [2.24, 2.45) is 23.2 Å². The average Bonchev–Trinajstić information content (AvgIpc) is 2.98. The van der Waals surface area contributed by atoms with Gasteiger partial charge in [-0.3, -0.25) is 9.20 Å². The smallest absolute Gasteiger partial charge is 0.331 e. The number of nitrogens with zero attached hydrogens (tertiary/aromatic N) is 2. The Kier molecular flexibility index (Phi) is 4.31. The number of Topliss-reactive ketones (excluding diaryl/α,β-unsaturated/α-hetero) is 1. The molecule has 6 rings (SSSR count). The van der Waals surface area contributed by atoms with E-state index < -0.39 is 5.97 Å². The Bertz CT molecular complexity index is 942. The number of hydrogen-bond donors (Lipinski definition) is 0. The minimum atomic E-state index is -0.528. The van der Waals surface area contributed by atoms with Crippen molar-refractivity contribution in [2.45, 2.75) is 38.5 Å². The number of rotatable bonds is 5. The molecular formula is C22H23ClN2O3. The number of ether oxygens (including phenoxy) is 1. The van der Waals surface area contributed by atoms with E-state index in [1.807, 2.05) is 24.4 Å². The maximum Gasteiger partial charge on any atom is 0.331 e. The van der Waals surface area contributed by atoms with Crippen LogP contribution in [0.2, 0.25) is 5.15 Å². The van der Waals surface area contributed by atoms with Crippen LogP contribution < -0.4 is 0 Å². The molecule has 0 atom stereocenters. The number of esters is 1. The lowest BCUT2D eigenvalue weighted by atomic mass is 9.48. The van der Waals surface area contributed by atoms with Gasteiger partial charge in [0.15, 0.2) is 17.5 Å². The van der Waals surface area contributed by atoms with Gasteiger partial charge in [0, 0.05) is 17.7 Å². The van der Waals surface area contributed by atoms with Crippen LogP contribution in [-0.2, 0) is 14.3 Å². The highest BCUT2D eigenvalue weighted by Crippen LogP contribution is 2.60. The van der Waals surface area contributed by atoms with Gasteiger partial charge >= 0.3 is 5.97 Å². The number of pyridine rings is 1. The Labute approximate surface area is 168 Å². The van der Waals surface area contributed by atoms with E-state index in [0.717, 1.165) is 19.3 Å². The predicted molar refractivity (Wildman–Crippen MR) is 106 cm³/mol. The van der Waals surface area contributed by atoms with Crippen LogP contribution in [0.4, 0.5) is 0 Å². The fourth-order valence-corrected chi connectivity index (χ4v) is 6.31. The molecule has 6 heteroatoms. The van der Waals surface area contributed by atoms with E-state index in [0.29, 0.717) is 34.2 Å². The molecule has 0 radical (unpaired) electrons. The third kappa shape index (κ3) is 3.06. The number of hydrogen-bond acceptors (Lipinski definition) is 4. The zero-order valence-corrected chi connectivity index (χ0v) is 16.4. The molecule has 4 bridgehead atoms. The molecule has 146 valence electrons. The molecule has 4 aliphatic rings. The maximum absolute atomic E-state index is 12.9. The number of imidazole rings is 1. The van der Waals surface area contributed by atoms with Gasteiger partial charge in [-0.25, -0.2) is 9.78 Å². The molecule has 28 heavy (non-hydrogen) atoms. The highest BCUT2D eigenvalue weighted by molar-refractivity contribution is 6.31. The van der Waals surface area contributed by atoms with E-state index in [1.54, 1.807) is 10.5 Å². The summed E-state index contributed by atoms with van der Waals surface area (Å²) in [6, 6.07) is 5.58. The minimum Gasteiger partial charge on any atom is -0.455 e. The number of carbonyl (C=O) groups excluding carboxylic acids is 2. The summed E-state index contributed by atoms with van der Waals surface area (Å²) < 4.78 is 7.09. The molecule has 2 aromatic rings. The number of carbonyl (C=O) groups is 2. The summed E-state index contributed by atoms with van der Waals surface area (Å²) in [5.74, 6) is 1.68. The van der Waals surface area contributed by atoms with Gasteiger partial charge in [-0.05, 0) is 74.5 Å². The van der Waals surface area contributed by atoms with Gasteiger partial charge < -0.3 is 4.74 Å². The molecule has 4 saturated carbocycles. The van der Waals surface area contributed by atoms with Gasteiger partial charge in [-0.2, -0.15) is 0 Å². The van der Waals surface area contributed by atoms with Crippen molar-refractivity contribution < 1.29 is 14.3 Å². The summed E-state index contributed by atoms with van der Waals surface area (Å²) in [6.45, 7) is -0.129. The van der Waals surface area contributed by atoms with E-state index in [9.17, 15) is 9.59 Å². The first-order chi connectivity index (χ1) is 13.5. The molecule has 5 nitrogen and oxygen atoms in total. The van der Waals surface area contributed by atoms with Crippen LogP contribution in [0.3, 0.4) is 0 Å². The number of halogens is 1. The molecule has 2 aromatic heterocycles. The van der Waals surface area contributed by atoms with E-state index >= 15 is 0 Å². The Hall–Kier alpha value is -2.14. The van der Waals surface area contributed by atoms with Crippen LogP contribution in [0.15, 0.2) is 30.5 Å². The number of fused-ring (bicyclic) bond motifs is 1. The monoisotopic (exact) mass is 398 g/mol. The first-order valence-corrected chi connectivity index (χ1v) is 10.4. The predicted octanol–water partition coefficient (Wildman–Crippen LogP) is 4.33. The SMILES string of the molecule is O=C(/C=C/c1c(Cl)nc2ccccn12)OCC(=O)C12CC3CC(CC(C3)C1)C2. The van der Waals surface area contributed by atoms with Gasteiger partial charge in [-0.1, -0.05) is 17.7 Å². The van der Waals surface area contributed by atoms with Crippen LogP contribution in [-0.4, -0.2) is 27.7 Å². The van der Waals surface area contributed by atoms with E-state index in [-0.39, 0.29) is 17.8 Å². The quantitative estimate of drug-likeness (QED) is 0.555. The van der Waals surface area contributed by atoms with Crippen LogP contribution in [0, 0.1) is 23.2 Å². The molecule has 0 amide bonds. The second-order valence-electron chi connectivity index (χ2n) is 8.78. The highest BCUT2D eigenvalue weighted by Gasteiger charge is 2.54. The summed E-state index contributed by atoms with van der Waals surface area (Å²) in [4.78, 5) is 29.4. The zero-order valence-electron chi connectivity index (χ0n) is 15.6. The lowest BCUT2D eigenvalue weighted by molar-refractivity contribution is -0.155. The second-order valence-corrected chi connectivity index (χ2v) is 9.14. The summed E-state index contributed by atoms with van der Waals surface area (Å²) in [5.41, 5.74) is 1.09. The highest BCUT2D eigenvalue weighted by atomic mass is 35.5. The zero-order chi connectivity index (χ0) is 19.3. The standard InChI is InChI=1S/C22H23ClN2O3/c23-21-17(25-6-2-1-3-19(25)24-21)4-5-20(27)28-13-18(26)22-10-14-7-15(11-22)9-16(8-14)12-22/h1-6,14-16H,7-13H2/b5-4+. The third-order valence-corrected chi connectivity index (χ3v) is 7.15. The average molecular weight is 399 g/mol. The van der Waals surface area contributed by atoms with Crippen molar-refractivity contribution in [1.82, 2.24) is 9.38 Å². The van der Waals surface area contributed by atoms with Gasteiger partial charge in [0.05, 0.1) is 5.69 Å². The van der Waals surface area contributed by atoms with Crippen LogP contribution in [0.5, 0.6) is 0 Å². The molecule has 4 aliphatic carbocycles. The fourth-order valence-electron chi connectivity index (χ4n) is 6.07. The molecule has 0 aliphatic heterocycles. The first-order valence-electron chi connectivity index (χ1n) is 10.0. The van der Waals surface area contributed by atoms with Gasteiger partial charge in [-0.15, -0.1) is 0 Å². The lowest BCUT2D eigenvalue weighted by Gasteiger charge is -2.55. The molecule has 0 saturated heterocycles. The van der Waals surface area contributed by atoms with E-state index in [1.165, 1.54) is 25.3 Å². The Morgan fingerprint density at radius 1 is 1.18 bits per heavy atom. The van der Waals surface area contributed by atoms with Crippen molar-refractivity contribution in [3.8, 4) is 0 Å². The van der Waals surface area contributed by atoms with Gasteiger partial charge in [0.25, 0.3) is 0 Å². The molecule has 0 aromatic carbocycles. The van der Waals surface area contributed by atoms with Crippen molar-refractivity contribution in [3.05, 3.63) is 41.3 Å². The molecule has 0 N–H and O–H groups in total. The molecular weight excluding hydrogens is 376 g/mol. The van der Waals surface area contributed by atoms with Gasteiger partial charge in [0.2, 0.25) is 0 Å². The fraction of sp³-hybridized carbons (Fsp3) is 0.500. The third-order valence-electron chi connectivity index (χ3n) is 6.87. The molecule has 0 unspecified atom stereocenters. The molecule has 0 spiro atoms. The van der Waals surface area contributed by atoms with E-state index in [2.05, 4.69) is 4.98 Å². The van der Waals surface area contributed by atoms with Crippen LogP contribution >= 0.6 is 11.6 Å². The lowest BCUT2D eigenvalue weighted by Crippen LogP contribution is -2.51. The van der Waals surface area contributed by atoms with Crippen molar-refractivity contribution in [1.29, 1.82) is 0 Å².